The highest BCUT2D eigenvalue weighted by atomic mass is 14.4. The highest BCUT2D eigenvalue weighted by Gasteiger charge is 2.37. The standard InChI is InChI=1S/C26H29N/c1-17-12-20-13-19(16-27)6-8-21(20)22(17)14-18-7-9-23-24(15-18)26(4,5)11-10-25(23,2)3/h6-9,13-15,17H,10-12H2,1-5H3/b22-14+. The molecule has 0 saturated carbocycles. The van der Waals surface area contributed by atoms with Crippen LogP contribution in [0.1, 0.15) is 80.8 Å². The molecule has 2 aromatic carbocycles. The normalized spacial score (nSPS) is 23.6. The van der Waals surface area contributed by atoms with Gasteiger partial charge in [-0.15, -0.1) is 0 Å². The summed E-state index contributed by atoms with van der Waals surface area (Å²) in [6.07, 6.45) is 5.89. The first-order valence-electron chi connectivity index (χ1n) is 10.1. The maximum atomic E-state index is 9.18. The van der Waals surface area contributed by atoms with Crippen molar-refractivity contribution in [3.63, 3.8) is 0 Å². The number of benzene rings is 2. The van der Waals surface area contributed by atoms with Gasteiger partial charge in [0.15, 0.2) is 0 Å². The molecule has 0 amide bonds. The highest BCUT2D eigenvalue weighted by molar-refractivity contribution is 5.87. The van der Waals surface area contributed by atoms with Crippen molar-refractivity contribution in [2.24, 2.45) is 5.92 Å². The van der Waals surface area contributed by atoms with Crippen LogP contribution in [0.25, 0.3) is 11.6 Å². The monoisotopic (exact) mass is 355 g/mol. The molecule has 1 heteroatoms. The van der Waals surface area contributed by atoms with Gasteiger partial charge >= 0.3 is 0 Å². The van der Waals surface area contributed by atoms with Gasteiger partial charge in [-0.3, -0.25) is 0 Å². The zero-order valence-corrected chi connectivity index (χ0v) is 17.2. The van der Waals surface area contributed by atoms with Gasteiger partial charge in [0, 0.05) is 0 Å². The minimum atomic E-state index is 0.236. The van der Waals surface area contributed by atoms with Crippen molar-refractivity contribution in [1.82, 2.24) is 0 Å². The molecule has 0 radical (unpaired) electrons. The number of hydrogen-bond donors (Lipinski definition) is 0. The lowest BCUT2D eigenvalue weighted by atomic mass is 9.63. The fourth-order valence-electron chi connectivity index (χ4n) is 4.91. The molecule has 27 heavy (non-hydrogen) atoms. The van der Waals surface area contributed by atoms with E-state index in [9.17, 15) is 5.26 Å². The molecular weight excluding hydrogens is 326 g/mol. The van der Waals surface area contributed by atoms with Gasteiger partial charge in [-0.2, -0.15) is 5.26 Å². The van der Waals surface area contributed by atoms with Crippen molar-refractivity contribution in [2.45, 2.75) is 64.7 Å². The van der Waals surface area contributed by atoms with Crippen molar-refractivity contribution < 1.29 is 0 Å². The smallest absolute Gasteiger partial charge is 0.0991 e. The summed E-state index contributed by atoms with van der Waals surface area (Å²) in [5.74, 6) is 0.495. The molecular formula is C26H29N. The lowest BCUT2D eigenvalue weighted by molar-refractivity contribution is 0.332. The molecule has 0 saturated heterocycles. The third kappa shape index (κ3) is 3.02. The van der Waals surface area contributed by atoms with Crippen LogP contribution in [0.15, 0.2) is 36.4 Å². The molecule has 0 fully saturated rings. The second-order valence-corrected chi connectivity index (χ2v) is 9.76. The first-order valence-corrected chi connectivity index (χ1v) is 10.1. The Morgan fingerprint density at radius 2 is 1.67 bits per heavy atom. The van der Waals surface area contributed by atoms with E-state index in [1.165, 1.54) is 46.2 Å². The van der Waals surface area contributed by atoms with Gasteiger partial charge in [0.2, 0.25) is 0 Å². The van der Waals surface area contributed by atoms with Crippen molar-refractivity contribution >= 4 is 11.6 Å². The summed E-state index contributed by atoms with van der Waals surface area (Å²) < 4.78 is 0. The van der Waals surface area contributed by atoms with Crippen LogP contribution in [-0.2, 0) is 17.3 Å². The van der Waals surface area contributed by atoms with E-state index in [-0.39, 0.29) is 10.8 Å². The molecule has 0 heterocycles. The SMILES string of the molecule is CC1Cc2cc(C#N)ccc2/C1=C/c1ccc2c(c1)C(C)(C)CCC2(C)C. The van der Waals surface area contributed by atoms with Crippen molar-refractivity contribution in [1.29, 1.82) is 5.26 Å². The Labute approximate surface area is 163 Å². The lowest BCUT2D eigenvalue weighted by Crippen LogP contribution is -2.33. The van der Waals surface area contributed by atoms with Crippen LogP contribution in [-0.4, -0.2) is 0 Å². The Morgan fingerprint density at radius 1 is 0.963 bits per heavy atom. The number of allylic oxidation sites excluding steroid dienone is 1. The Balaban J connectivity index is 1.80. The Hall–Kier alpha value is -2.33. The largest absolute Gasteiger partial charge is 0.192 e. The van der Waals surface area contributed by atoms with Crippen molar-refractivity contribution in [3.05, 3.63) is 69.8 Å². The summed E-state index contributed by atoms with van der Waals surface area (Å²) in [6.45, 7) is 11.8. The number of fused-ring (bicyclic) bond motifs is 2. The van der Waals surface area contributed by atoms with E-state index < -0.39 is 0 Å². The number of rotatable bonds is 1. The van der Waals surface area contributed by atoms with E-state index in [4.69, 9.17) is 0 Å². The third-order valence-electron chi connectivity index (χ3n) is 6.80. The third-order valence-corrected chi connectivity index (χ3v) is 6.80. The minimum absolute atomic E-state index is 0.236. The van der Waals surface area contributed by atoms with E-state index in [1.54, 1.807) is 0 Å². The van der Waals surface area contributed by atoms with Crippen LogP contribution in [0.3, 0.4) is 0 Å². The van der Waals surface area contributed by atoms with Crippen LogP contribution in [0.5, 0.6) is 0 Å². The van der Waals surface area contributed by atoms with Crippen molar-refractivity contribution in [3.8, 4) is 6.07 Å². The predicted molar refractivity (Wildman–Crippen MR) is 114 cm³/mol. The summed E-state index contributed by atoms with van der Waals surface area (Å²) >= 11 is 0. The molecule has 138 valence electrons. The van der Waals surface area contributed by atoms with Crippen LogP contribution >= 0.6 is 0 Å². The Bertz CT molecular complexity index is 982. The van der Waals surface area contributed by atoms with Crippen LogP contribution in [0, 0.1) is 17.2 Å². The number of nitriles is 1. The molecule has 0 N–H and O–H groups in total. The number of hydrogen-bond acceptors (Lipinski definition) is 1. The first kappa shape index (κ1) is 18.1. The zero-order chi connectivity index (χ0) is 19.4. The van der Waals surface area contributed by atoms with Gasteiger partial charge in [0.25, 0.3) is 0 Å². The fourth-order valence-corrected chi connectivity index (χ4v) is 4.91. The summed E-state index contributed by atoms with van der Waals surface area (Å²) in [5, 5.41) is 9.18. The Kier molecular flexibility index (Phi) is 4.08. The second kappa shape index (κ2) is 6.10. The molecule has 0 bridgehead atoms. The quantitative estimate of drug-likeness (QED) is 0.562. The van der Waals surface area contributed by atoms with E-state index in [0.29, 0.717) is 5.92 Å². The summed E-state index contributed by atoms with van der Waals surface area (Å²) in [4.78, 5) is 0. The molecule has 2 aliphatic rings. The zero-order valence-electron chi connectivity index (χ0n) is 17.2. The molecule has 0 spiro atoms. The van der Waals surface area contributed by atoms with Gasteiger partial charge < -0.3 is 0 Å². The lowest BCUT2D eigenvalue weighted by Gasteiger charge is -2.42. The van der Waals surface area contributed by atoms with Crippen LogP contribution in [0.4, 0.5) is 0 Å². The van der Waals surface area contributed by atoms with Gasteiger partial charge in [-0.05, 0) is 81.5 Å². The summed E-state index contributed by atoms with van der Waals surface area (Å²) in [7, 11) is 0. The number of nitrogens with zero attached hydrogens (tertiary/aromatic N) is 1. The van der Waals surface area contributed by atoms with E-state index in [0.717, 1.165) is 12.0 Å². The van der Waals surface area contributed by atoms with Gasteiger partial charge in [-0.1, -0.05) is 65.0 Å². The molecule has 1 nitrogen and oxygen atoms in total. The second-order valence-electron chi connectivity index (χ2n) is 9.76. The summed E-state index contributed by atoms with van der Waals surface area (Å²) in [6, 6.07) is 15.5. The molecule has 2 aromatic rings. The van der Waals surface area contributed by atoms with Crippen LogP contribution in [0.2, 0.25) is 0 Å². The predicted octanol–water partition coefficient (Wildman–Crippen LogP) is 6.64. The Morgan fingerprint density at radius 3 is 2.37 bits per heavy atom. The topological polar surface area (TPSA) is 23.8 Å². The van der Waals surface area contributed by atoms with E-state index >= 15 is 0 Å². The highest BCUT2D eigenvalue weighted by Crippen LogP contribution is 2.46. The summed E-state index contributed by atoms with van der Waals surface area (Å²) in [5.41, 5.74) is 9.63. The van der Waals surface area contributed by atoms with E-state index in [2.05, 4.69) is 77.1 Å². The van der Waals surface area contributed by atoms with Gasteiger partial charge in [0.05, 0.1) is 11.6 Å². The molecule has 0 aliphatic heterocycles. The first-order chi connectivity index (χ1) is 12.7. The van der Waals surface area contributed by atoms with Gasteiger partial charge in [0.1, 0.15) is 0 Å². The van der Waals surface area contributed by atoms with E-state index in [1.807, 2.05) is 6.07 Å². The van der Waals surface area contributed by atoms with Gasteiger partial charge in [-0.25, -0.2) is 0 Å². The fraction of sp³-hybridized carbons (Fsp3) is 0.423. The molecule has 1 atom stereocenters. The van der Waals surface area contributed by atoms with Crippen LogP contribution < -0.4 is 0 Å². The average Bonchev–Trinajstić information content (AvgIpc) is 2.93. The minimum Gasteiger partial charge on any atom is -0.192 e. The molecule has 0 aromatic heterocycles. The van der Waals surface area contributed by atoms with Crippen molar-refractivity contribution in [2.75, 3.05) is 0 Å². The maximum absolute atomic E-state index is 9.18. The maximum Gasteiger partial charge on any atom is 0.0991 e. The molecule has 4 rings (SSSR count). The molecule has 2 aliphatic carbocycles. The average molecular weight is 356 g/mol. The molecule has 1 unspecified atom stereocenters.